The molecule has 1 amide bonds. The molecule has 0 radical (unpaired) electrons. The number of anilines is 1. The van der Waals surface area contributed by atoms with Gasteiger partial charge in [-0.1, -0.05) is 44.7 Å². The molecule has 0 aliphatic rings. The topological polar surface area (TPSA) is 104 Å². The number of hydrogen-bond acceptors (Lipinski definition) is 4. The summed E-state index contributed by atoms with van der Waals surface area (Å²) in [6, 6.07) is 6.80. The first-order chi connectivity index (χ1) is 12.8. The first kappa shape index (κ1) is 22.1. The van der Waals surface area contributed by atoms with Gasteiger partial charge in [-0.15, -0.1) is 0 Å². The maximum absolute atomic E-state index is 12.3. The van der Waals surface area contributed by atoms with Crippen LogP contribution in [0.25, 0.3) is 10.8 Å². The molecule has 2 aromatic rings. The second-order valence-electron chi connectivity index (χ2n) is 5.17. The van der Waals surface area contributed by atoms with Gasteiger partial charge in [0.2, 0.25) is 0 Å². The summed E-state index contributed by atoms with van der Waals surface area (Å²) in [7, 11) is -4.46. The van der Waals surface area contributed by atoms with E-state index in [1.807, 2.05) is 13.8 Å². The quantitative estimate of drug-likeness (QED) is 0.398. The average Bonchev–Trinajstić information content (AvgIpc) is 2.62. The molecule has 3 N–H and O–H groups in total. The summed E-state index contributed by atoms with van der Waals surface area (Å²) in [5.74, 6) is -0.656. The number of phenols is 1. The van der Waals surface area contributed by atoms with E-state index >= 15 is 0 Å². The first-order valence-electron chi connectivity index (χ1n) is 8.27. The second kappa shape index (κ2) is 9.70. The summed E-state index contributed by atoms with van der Waals surface area (Å²) in [6.07, 6.45) is 6.39. The molecule has 6 nitrogen and oxygen atoms in total. The molecule has 2 aromatic carbocycles. The van der Waals surface area contributed by atoms with Crippen molar-refractivity contribution in [3.05, 3.63) is 66.8 Å². The molecular weight excluding hydrogens is 366 g/mol. The zero-order chi connectivity index (χ0) is 20.6. The van der Waals surface area contributed by atoms with Crippen LogP contribution >= 0.6 is 0 Å². The van der Waals surface area contributed by atoms with Crippen LogP contribution in [0.1, 0.15) is 20.8 Å². The zero-order valence-electron chi connectivity index (χ0n) is 15.4. The van der Waals surface area contributed by atoms with Crippen LogP contribution in [0.15, 0.2) is 71.7 Å². The minimum absolute atomic E-state index is 0.288. The molecule has 0 saturated heterocycles. The highest BCUT2D eigenvalue weighted by Gasteiger charge is 2.14. The standard InChI is InChI=1S/C18H17NO5S.C2H6/c1-3-5-12(6-4-2)18(21)19-14-7-8-16-13(9-14)10-15(11-17(16)20)25(22,23)24;1-2/h3-11,20H,1H2,2H3,(H,19,21)(H,22,23,24);1-2H3/b6-4-,12-5+;. The monoisotopic (exact) mass is 389 g/mol. The number of fused-ring (bicyclic) bond motifs is 1. The van der Waals surface area contributed by atoms with Crippen molar-refractivity contribution in [3.8, 4) is 5.75 Å². The molecule has 0 aliphatic heterocycles. The summed E-state index contributed by atoms with van der Waals surface area (Å²) >= 11 is 0. The molecule has 0 heterocycles. The van der Waals surface area contributed by atoms with E-state index in [0.717, 1.165) is 6.07 Å². The van der Waals surface area contributed by atoms with Crippen LogP contribution in [0.5, 0.6) is 5.75 Å². The van der Waals surface area contributed by atoms with E-state index in [2.05, 4.69) is 11.9 Å². The number of nitrogens with one attached hydrogen (secondary N) is 1. The van der Waals surface area contributed by atoms with Gasteiger partial charge in [-0.3, -0.25) is 9.35 Å². The molecule has 2 rings (SSSR count). The van der Waals surface area contributed by atoms with Crippen molar-refractivity contribution in [3.63, 3.8) is 0 Å². The van der Waals surface area contributed by atoms with Gasteiger partial charge in [0.25, 0.3) is 16.0 Å². The van der Waals surface area contributed by atoms with E-state index in [9.17, 15) is 18.3 Å². The summed E-state index contributed by atoms with van der Waals surface area (Å²) in [4.78, 5) is 11.8. The van der Waals surface area contributed by atoms with E-state index < -0.39 is 15.0 Å². The predicted octanol–water partition coefficient (Wildman–Crippen LogP) is 4.45. The molecule has 7 heteroatoms. The zero-order valence-corrected chi connectivity index (χ0v) is 16.2. The Hall–Kier alpha value is -2.90. The molecule has 0 atom stereocenters. The number of hydrogen-bond donors (Lipinski definition) is 3. The molecule has 0 spiro atoms. The maximum atomic E-state index is 12.3. The number of benzene rings is 2. The Morgan fingerprint density at radius 1 is 1.19 bits per heavy atom. The van der Waals surface area contributed by atoms with Gasteiger partial charge in [0.05, 0.1) is 4.90 Å². The number of rotatable bonds is 5. The third-order valence-corrected chi connectivity index (χ3v) is 4.20. The Bertz CT molecular complexity index is 1000. The first-order valence-corrected chi connectivity index (χ1v) is 9.71. The van der Waals surface area contributed by atoms with E-state index in [0.29, 0.717) is 22.0 Å². The third kappa shape index (κ3) is 5.80. The highest BCUT2D eigenvalue weighted by atomic mass is 32.2. The van der Waals surface area contributed by atoms with Gasteiger partial charge in [0.1, 0.15) is 5.75 Å². The second-order valence-corrected chi connectivity index (χ2v) is 6.59. The number of carbonyl (C=O) groups excluding carboxylic acids is 1. The summed E-state index contributed by atoms with van der Waals surface area (Å²) in [5.41, 5.74) is 0.802. The Kier molecular flexibility index (Phi) is 7.96. The fraction of sp³-hybridized carbons (Fsp3) is 0.150. The largest absolute Gasteiger partial charge is 0.507 e. The molecule has 27 heavy (non-hydrogen) atoms. The lowest BCUT2D eigenvalue weighted by Gasteiger charge is -2.09. The number of carbonyl (C=O) groups is 1. The lowest BCUT2D eigenvalue weighted by atomic mass is 10.1. The van der Waals surface area contributed by atoms with Crippen molar-refractivity contribution in [1.29, 1.82) is 0 Å². The van der Waals surface area contributed by atoms with Crippen LogP contribution in [0.2, 0.25) is 0 Å². The lowest BCUT2D eigenvalue weighted by Crippen LogP contribution is -2.13. The van der Waals surface area contributed by atoms with Crippen LogP contribution < -0.4 is 5.32 Å². The van der Waals surface area contributed by atoms with Gasteiger partial charge >= 0.3 is 0 Å². The van der Waals surface area contributed by atoms with E-state index in [1.54, 1.807) is 37.3 Å². The number of phenolic OH excluding ortho intramolecular Hbond substituents is 1. The molecule has 0 unspecified atom stereocenters. The minimum Gasteiger partial charge on any atom is -0.507 e. The number of allylic oxidation sites excluding steroid dienone is 3. The molecule has 0 aliphatic carbocycles. The SMILES string of the molecule is C=C/C=C(\C=C/C)C(=O)Nc1ccc2c(O)cc(S(=O)(=O)O)cc2c1.CC. The van der Waals surface area contributed by atoms with Crippen molar-refractivity contribution >= 4 is 32.5 Å². The molecule has 0 fully saturated rings. The van der Waals surface area contributed by atoms with Crippen molar-refractivity contribution in [1.82, 2.24) is 0 Å². The van der Waals surface area contributed by atoms with Crippen LogP contribution in [0.4, 0.5) is 5.69 Å². The van der Waals surface area contributed by atoms with Crippen LogP contribution in [-0.2, 0) is 14.9 Å². The normalized spacial score (nSPS) is 11.8. The van der Waals surface area contributed by atoms with Crippen LogP contribution in [0, 0.1) is 0 Å². The third-order valence-electron chi connectivity index (χ3n) is 3.37. The smallest absolute Gasteiger partial charge is 0.294 e. The molecule has 0 aromatic heterocycles. The van der Waals surface area contributed by atoms with E-state index in [-0.39, 0.29) is 11.7 Å². The Labute approximate surface area is 159 Å². The fourth-order valence-corrected chi connectivity index (χ4v) is 2.80. The number of aromatic hydroxyl groups is 1. The highest BCUT2D eigenvalue weighted by Crippen LogP contribution is 2.30. The summed E-state index contributed by atoms with van der Waals surface area (Å²) < 4.78 is 31.7. The minimum atomic E-state index is -4.46. The van der Waals surface area contributed by atoms with Crippen LogP contribution in [-0.4, -0.2) is 24.0 Å². The Balaban J connectivity index is 0.00000176. The van der Waals surface area contributed by atoms with Crippen molar-refractivity contribution in [2.45, 2.75) is 25.7 Å². The summed E-state index contributed by atoms with van der Waals surface area (Å²) in [5, 5.41) is 13.3. The van der Waals surface area contributed by atoms with Gasteiger partial charge in [-0.25, -0.2) is 0 Å². The lowest BCUT2D eigenvalue weighted by molar-refractivity contribution is -0.112. The predicted molar refractivity (Wildman–Crippen MR) is 108 cm³/mol. The van der Waals surface area contributed by atoms with E-state index in [1.165, 1.54) is 18.2 Å². The van der Waals surface area contributed by atoms with Crippen molar-refractivity contribution < 1.29 is 22.9 Å². The molecule has 0 saturated carbocycles. The highest BCUT2D eigenvalue weighted by molar-refractivity contribution is 7.85. The summed E-state index contributed by atoms with van der Waals surface area (Å²) in [6.45, 7) is 9.33. The Morgan fingerprint density at radius 2 is 1.85 bits per heavy atom. The Morgan fingerprint density at radius 3 is 2.41 bits per heavy atom. The van der Waals surface area contributed by atoms with Gasteiger partial charge < -0.3 is 10.4 Å². The average molecular weight is 389 g/mol. The van der Waals surface area contributed by atoms with Gasteiger partial charge in [-0.2, -0.15) is 8.42 Å². The van der Waals surface area contributed by atoms with Gasteiger partial charge in [0.15, 0.2) is 0 Å². The van der Waals surface area contributed by atoms with Gasteiger partial charge in [-0.05, 0) is 36.6 Å². The molecular formula is C20H23NO5S. The maximum Gasteiger partial charge on any atom is 0.294 e. The van der Waals surface area contributed by atoms with Crippen LogP contribution in [0.3, 0.4) is 0 Å². The van der Waals surface area contributed by atoms with Gasteiger partial charge in [0, 0.05) is 22.7 Å². The van der Waals surface area contributed by atoms with Crippen molar-refractivity contribution in [2.75, 3.05) is 5.32 Å². The fourth-order valence-electron chi connectivity index (χ4n) is 2.27. The van der Waals surface area contributed by atoms with E-state index in [4.69, 9.17) is 4.55 Å². The number of amides is 1. The van der Waals surface area contributed by atoms with Crippen molar-refractivity contribution in [2.24, 2.45) is 0 Å². The molecule has 0 bridgehead atoms. The molecule has 144 valence electrons.